The molecule has 2 fully saturated rings. The summed E-state index contributed by atoms with van der Waals surface area (Å²) in [5.74, 6) is 3.20. The van der Waals surface area contributed by atoms with Crippen LogP contribution in [0.5, 0.6) is 57.5 Å². The Balaban J connectivity index is 0.000000172. The number of aromatic hydroxyl groups is 2. The number of nitrogens with two attached hydrogens (primary N) is 1. The summed E-state index contributed by atoms with van der Waals surface area (Å²) in [7, 11) is 7.11. The highest BCUT2D eigenvalue weighted by molar-refractivity contribution is 5.77. The van der Waals surface area contributed by atoms with E-state index < -0.39 is 30.1 Å². The lowest BCUT2D eigenvalue weighted by atomic mass is 9.71. The second kappa shape index (κ2) is 21.1. The molecule has 0 aliphatic carbocycles. The minimum Gasteiger partial charge on any atom is -0.504 e. The van der Waals surface area contributed by atoms with Crippen LogP contribution in [0.1, 0.15) is 125 Å². The summed E-state index contributed by atoms with van der Waals surface area (Å²) >= 11 is 0. The number of carbonyl (C=O) groups is 3. The highest BCUT2D eigenvalue weighted by Gasteiger charge is 2.59. The van der Waals surface area contributed by atoms with Crippen molar-refractivity contribution in [3.8, 4) is 69.6 Å². The quantitative estimate of drug-likeness (QED) is 0.115. The number of nitriles is 2. The van der Waals surface area contributed by atoms with Crippen LogP contribution in [0, 0.1) is 50.4 Å². The van der Waals surface area contributed by atoms with Crippen molar-refractivity contribution in [2.75, 3.05) is 55.0 Å². The fourth-order valence-electron chi connectivity index (χ4n) is 15.2. The maximum absolute atomic E-state index is 12.8. The van der Waals surface area contributed by atoms with Crippen LogP contribution >= 0.6 is 0 Å². The summed E-state index contributed by atoms with van der Waals surface area (Å²) in [6.07, 6.45) is 3.12. The van der Waals surface area contributed by atoms with Crippen LogP contribution in [-0.4, -0.2) is 139 Å². The molecule has 10 atom stereocenters. The van der Waals surface area contributed by atoms with Crippen LogP contribution in [-0.2, 0) is 40.1 Å². The lowest BCUT2D eigenvalue weighted by Gasteiger charge is -2.60. The first-order chi connectivity index (χ1) is 38.8. The molecule has 0 spiro atoms. The van der Waals surface area contributed by atoms with Gasteiger partial charge >= 0.3 is 11.9 Å². The number of rotatable bonds is 9. The predicted octanol–water partition coefficient (Wildman–Crippen LogP) is 5.76. The predicted molar refractivity (Wildman–Crippen MR) is 292 cm³/mol. The van der Waals surface area contributed by atoms with E-state index in [1.807, 2.05) is 48.7 Å². The second-order valence-corrected chi connectivity index (χ2v) is 22.5. The largest absolute Gasteiger partial charge is 0.504 e. The minimum atomic E-state index is -0.540. The molecule has 5 N–H and O–H groups in total. The number of hydrogen-bond acceptors (Lipinski definition) is 20. The van der Waals surface area contributed by atoms with Gasteiger partial charge in [0.25, 0.3) is 0 Å². The number of hydrogen-bond donors (Lipinski definition) is 4. The molecule has 81 heavy (non-hydrogen) atoms. The Labute approximate surface area is 470 Å². The Bertz CT molecular complexity index is 3390. The standard InChI is InChI=1S/C32H38N4O7.C28H32N4O6/c1-7-8-24(38)34-13-23-26-19(30(43-17(4)37)16(3)31-32(26)42-14-41-31)11-21-27-25-18(9-15(2)29(40-6)28(25)39)10-20(35(27)5)22(12-33)36(21)23;1-12-6-15-7-17-19(9-29)32-18(23(31(17)4)21(15)24(34)25(12)35-5)8-16-22(20(32)10-30)28-27(36-11-37-28)13(2)26(16)38-14(3)33/h9,20-23,27,39H,7-8,10-11,13-14H2,1-6H3,(H,34,38);6,17-20,23,34H,7-8,10-11,30H2,1-5H3/t20-,21?,22-,23-,27-;17-,18?,19-,20-,23-/m00/s1. The smallest absolute Gasteiger partial charge is 0.308 e. The highest BCUT2D eigenvalue weighted by atomic mass is 16.7. The summed E-state index contributed by atoms with van der Waals surface area (Å²) in [6, 6.07) is 6.01. The van der Waals surface area contributed by atoms with Crippen LogP contribution in [0.3, 0.4) is 0 Å². The number of nitrogens with one attached hydrogen (secondary N) is 1. The summed E-state index contributed by atoms with van der Waals surface area (Å²) in [4.78, 5) is 46.1. The minimum absolute atomic E-state index is 0.0144. The highest BCUT2D eigenvalue weighted by Crippen LogP contribution is 2.61. The number of methoxy groups -OCH3 is 2. The van der Waals surface area contributed by atoms with E-state index in [0.29, 0.717) is 95.6 Å². The summed E-state index contributed by atoms with van der Waals surface area (Å²) in [5, 5.41) is 47.4. The molecule has 2 unspecified atom stereocenters. The number of fused-ring (bicyclic) bond motifs is 18. The number of ether oxygens (including phenoxy) is 8. The molecule has 0 radical (unpaired) electrons. The zero-order valence-electron chi connectivity index (χ0n) is 47.6. The van der Waals surface area contributed by atoms with E-state index in [4.69, 9.17) is 43.6 Å². The Hall–Kier alpha value is -7.53. The topological polar surface area (TPSA) is 264 Å². The zero-order chi connectivity index (χ0) is 57.8. The molecule has 12 rings (SSSR count). The fraction of sp³-hybridized carbons (Fsp3) is 0.517. The van der Waals surface area contributed by atoms with E-state index in [1.54, 1.807) is 14.2 Å². The first-order valence-electron chi connectivity index (χ1n) is 27.7. The van der Waals surface area contributed by atoms with Crippen molar-refractivity contribution in [1.29, 1.82) is 10.5 Å². The van der Waals surface area contributed by atoms with Crippen molar-refractivity contribution in [2.45, 2.75) is 147 Å². The maximum Gasteiger partial charge on any atom is 0.308 e. The molecule has 428 valence electrons. The first kappa shape index (κ1) is 55.4. The van der Waals surface area contributed by atoms with Gasteiger partial charge in [-0.05, 0) is 96.1 Å². The Morgan fingerprint density at radius 1 is 0.654 bits per heavy atom. The van der Waals surface area contributed by atoms with Gasteiger partial charge in [0.15, 0.2) is 46.0 Å². The second-order valence-electron chi connectivity index (χ2n) is 22.5. The van der Waals surface area contributed by atoms with E-state index in [2.05, 4.69) is 49.2 Å². The van der Waals surface area contributed by atoms with Gasteiger partial charge in [-0.3, -0.25) is 34.0 Å². The van der Waals surface area contributed by atoms with Gasteiger partial charge in [0, 0.05) is 102 Å². The van der Waals surface area contributed by atoms with Gasteiger partial charge in [-0.2, -0.15) is 10.5 Å². The van der Waals surface area contributed by atoms with Crippen LogP contribution < -0.4 is 48.9 Å². The molecule has 4 bridgehead atoms. The average molecular weight is 1110 g/mol. The number of piperazine rings is 2. The molecule has 2 saturated heterocycles. The van der Waals surface area contributed by atoms with Crippen molar-refractivity contribution in [1.82, 2.24) is 24.9 Å². The third-order valence-corrected chi connectivity index (χ3v) is 18.2. The lowest BCUT2D eigenvalue weighted by molar-refractivity contribution is -0.133. The van der Waals surface area contributed by atoms with Crippen LogP contribution in [0.2, 0.25) is 0 Å². The number of benzene rings is 4. The normalized spacial score (nSPS) is 26.1. The van der Waals surface area contributed by atoms with Crippen molar-refractivity contribution in [2.24, 2.45) is 5.73 Å². The number of amides is 1. The molecule has 0 aromatic heterocycles. The average Bonchev–Trinajstić information content (AvgIpc) is 2.14. The molecule has 0 saturated carbocycles. The summed E-state index contributed by atoms with van der Waals surface area (Å²) in [5.41, 5.74) is 16.3. The van der Waals surface area contributed by atoms with Crippen LogP contribution in [0.25, 0.3) is 0 Å². The summed E-state index contributed by atoms with van der Waals surface area (Å²) in [6.45, 7) is 12.7. The monoisotopic (exact) mass is 1110 g/mol. The van der Waals surface area contributed by atoms with E-state index in [0.717, 1.165) is 55.6 Å². The molecule has 21 nitrogen and oxygen atoms in total. The van der Waals surface area contributed by atoms with Crippen molar-refractivity contribution >= 4 is 17.8 Å². The van der Waals surface area contributed by atoms with Crippen molar-refractivity contribution in [3.05, 3.63) is 78.9 Å². The molecule has 8 aliphatic rings. The van der Waals surface area contributed by atoms with E-state index in [-0.39, 0.29) is 86.4 Å². The number of phenols is 2. The molecule has 21 heteroatoms. The van der Waals surface area contributed by atoms with Gasteiger partial charge in [0.2, 0.25) is 19.5 Å². The zero-order valence-corrected chi connectivity index (χ0v) is 47.6. The number of carbonyl (C=O) groups excluding carboxylic acids is 3. The van der Waals surface area contributed by atoms with Gasteiger partial charge in [-0.25, -0.2) is 0 Å². The molecule has 8 aliphatic heterocycles. The first-order valence-corrected chi connectivity index (χ1v) is 27.7. The van der Waals surface area contributed by atoms with Gasteiger partial charge in [-0.15, -0.1) is 0 Å². The number of aryl methyl sites for hydroxylation is 2. The number of likely N-dealkylation sites (N-methyl/N-ethyl adjacent to an activating group) is 2. The van der Waals surface area contributed by atoms with Crippen LogP contribution in [0.4, 0.5) is 0 Å². The summed E-state index contributed by atoms with van der Waals surface area (Å²) < 4.78 is 46.5. The van der Waals surface area contributed by atoms with Crippen molar-refractivity contribution < 1.29 is 62.5 Å². The van der Waals surface area contributed by atoms with Crippen LogP contribution in [0.15, 0.2) is 12.1 Å². The molecular weight excluding hydrogens is 1040 g/mol. The number of phenolic OH excluding ortho intramolecular Hbond substituents is 2. The van der Waals surface area contributed by atoms with Gasteiger partial charge in [0.05, 0.1) is 50.5 Å². The van der Waals surface area contributed by atoms with E-state index in [9.17, 15) is 35.1 Å². The Kier molecular flexibility index (Phi) is 14.4. The van der Waals surface area contributed by atoms with E-state index in [1.165, 1.54) is 13.8 Å². The SMILES string of the molecule is CCCC(=O)NC[C@H]1c2c(c(OC(C)=O)c(C)c3c2OCO3)CC2[C@H]3c4c(cc(C)c(OC)c4O)C[C@@H]([C@H](C#N)N21)N3C.COc1c(C)cc2c(c1O)[C@@H]1C3Cc4c(OC(C)=O)c(C)c5c(c4[C@H](CN)N3[C@@H](C#N)[C@H](C2)N1C)OCO5. The molecule has 4 aromatic carbocycles. The fourth-order valence-corrected chi connectivity index (χ4v) is 15.2. The third-order valence-electron chi connectivity index (χ3n) is 18.2. The van der Waals surface area contributed by atoms with Gasteiger partial charge in [0.1, 0.15) is 23.6 Å². The molecule has 1 amide bonds. The number of nitrogens with zero attached hydrogens (tertiary/aromatic N) is 6. The Morgan fingerprint density at radius 2 is 1.07 bits per heavy atom. The molecule has 8 heterocycles. The Morgan fingerprint density at radius 3 is 1.47 bits per heavy atom. The van der Waals surface area contributed by atoms with E-state index >= 15 is 0 Å². The molecule has 4 aromatic rings. The maximum atomic E-state index is 12.8. The lowest BCUT2D eigenvalue weighted by Crippen LogP contribution is -2.68. The van der Waals surface area contributed by atoms with Gasteiger partial charge < -0.3 is 59.2 Å². The number of esters is 2. The van der Waals surface area contributed by atoms with Crippen molar-refractivity contribution in [3.63, 3.8) is 0 Å². The van der Waals surface area contributed by atoms with Gasteiger partial charge in [-0.1, -0.05) is 19.1 Å². The molecular formula is C60H70N8O13. The third kappa shape index (κ3) is 8.44.